The monoisotopic (exact) mass is 606 g/mol. The lowest BCUT2D eigenvalue weighted by atomic mass is 9.96. The van der Waals surface area contributed by atoms with E-state index in [1.807, 2.05) is 62.4 Å². The Morgan fingerprint density at radius 1 is 0.522 bits per heavy atom. The van der Waals surface area contributed by atoms with Gasteiger partial charge in [-0.2, -0.15) is 0 Å². The van der Waals surface area contributed by atoms with Crippen LogP contribution in [0.5, 0.6) is 0 Å². The molecule has 2 heterocycles. The number of benzene rings is 4. The maximum Gasteiger partial charge on any atom is 0.252 e. The zero-order valence-corrected chi connectivity index (χ0v) is 26.8. The number of amides is 2. The van der Waals surface area contributed by atoms with Crippen LogP contribution in [0.1, 0.15) is 55.8 Å². The SMILES string of the molecule is Cc1ccc(-c2nc3ccccc3c(C(=O)NCCCCNC(=O)c3c(C)c(-c4ccc(C)cc4)nc4ccccc34)c2C)cc1. The van der Waals surface area contributed by atoms with E-state index < -0.39 is 0 Å². The number of pyridine rings is 2. The molecular weight excluding hydrogens is 568 g/mol. The van der Waals surface area contributed by atoms with Gasteiger partial charge in [0, 0.05) is 35.0 Å². The first kappa shape index (κ1) is 30.7. The third kappa shape index (κ3) is 6.24. The molecule has 230 valence electrons. The molecule has 2 amide bonds. The molecular formula is C40H38N4O2. The Kier molecular flexibility index (Phi) is 8.88. The number of nitrogens with zero attached hydrogens (tertiary/aromatic N) is 2. The Hall–Kier alpha value is -5.36. The van der Waals surface area contributed by atoms with Crippen LogP contribution in [0.4, 0.5) is 0 Å². The quantitative estimate of drug-likeness (QED) is 0.162. The molecule has 0 saturated heterocycles. The average molecular weight is 607 g/mol. The molecule has 4 aromatic carbocycles. The van der Waals surface area contributed by atoms with Crippen molar-refractivity contribution in [2.75, 3.05) is 13.1 Å². The fourth-order valence-corrected chi connectivity index (χ4v) is 6.02. The van der Waals surface area contributed by atoms with Gasteiger partial charge in [-0.05, 0) is 63.8 Å². The van der Waals surface area contributed by atoms with Crippen LogP contribution in [-0.2, 0) is 0 Å². The number of para-hydroxylation sites is 2. The maximum absolute atomic E-state index is 13.6. The number of unbranched alkanes of at least 4 members (excludes halogenated alkanes) is 1. The Morgan fingerprint density at radius 2 is 0.891 bits per heavy atom. The molecule has 0 fully saturated rings. The van der Waals surface area contributed by atoms with Crippen LogP contribution in [-0.4, -0.2) is 34.9 Å². The van der Waals surface area contributed by atoms with E-state index in [-0.39, 0.29) is 11.8 Å². The maximum atomic E-state index is 13.6. The van der Waals surface area contributed by atoms with Gasteiger partial charge in [-0.15, -0.1) is 0 Å². The zero-order valence-electron chi connectivity index (χ0n) is 26.8. The standard InChI is InChI=1S/C40H38N4O2/c1-25-15-19-29(20-16-25)37-27(3)35(31-11-5-7-13-33(31)43-37)39(45)41-23-9-10-24-42-40(46)36-28(4)38(30-21-17-26(2)18-22-30)44-34-14-8-6-12-32(34)36/h5-8,11-22H,9-10,23-24H2,1-4H3,(H,41,45)(H,42,46). The van der Waals surface area contributed by atoms with Crippen LogP contribution in [0.15, 0.2) is 97.1 Å². The van der Waals surface area contributed by atoms with E-state index in [1.165, 1.54) is 11.1 Å². The second-order valence-corrected chi connectivity index (χ2v) is 11.9. The molecule has 46 heavy (non-hydrogen) atoms. The Morgan fingerprint density at radius 3 is 1.28 bits per heavy atom. The van der Waals surface area contributed by atoms with Crippen molar-refractivity contribution < 1.29 is 9.59 Å². The van der Waals surface area contributed by atoms with Crippen LogP contribution in [0, 0.1) is 27.7 Å². The Balaban J connectivity index is 1.12. The van der Waals surface area contributed by atoms with Gasteiger partial charge in [0.25, 0.3) is 11.8 Å². The summed E-state index contributed by atoms with van der Waals surface area (Å²) in [6.07, 6.45) is 1.45. The predicted molar refractivity (Wildman–Crippen MR) is 187 cm³/mol. The number of fused-ring (bicyclic) bond motifs is 2. The first-order valence-corrected chi connectivity index (χ1v) is 15.8. The molecule has 2 N–H and O–H groups in total. The summed E-state index contributed by atoms with van der Waals surface area (Å²) in [4.78, 5) is 36.9. The van der Waals surface area contributed by atoms with Crippen molar-refractivity contribution in [3.05, 3.63) is 130 Å². The molecule has 0 spiro atoms. The van der Waals surface area contributed by atoms with Crippen LogP contribution in [0.3, 0.4) is 0 Å². The number of carbonyl (C=O) groups is 2. The summed E-state index contributed by atoms with van der Waals surface area (Å²) in [7, 11) is 0. The van der Waals surface area contributed by atoms with Gasteiger partial charge >= 0.3 is 0 Å². The van der Waals surface area contributed by atoms with Gasteiger partial charge < -0.3 is 10.6 Å². The number of hydrogen-bond acceptors (Lipinski definition) is 4. The molecule has 6 nitrogen and oxygen atoms in total. The van der Waals surface area contributed by atoms with Crippen LogP contribution in [0.2, 0.25) is 0 Å². The molecule has 0 unspecified atom stereocenters. The number of aryl methyl sites for hydroxylation is 2. The molecule has 6 aromatic rings. The minimum atomic E-state index is -0.115. The van der Waals surface area contributed by atoms with E-state index in [0.29, 0.717) is 24.2 Å². The number of nitrogens with one attached hydrogen (secondary N) is 2. The Bertz CT molecular complexity index is 1910. The molecule has 6 rings (SSSR count). The summed E-state index contributed by atoms with van der Waals surface area (Å²) in [6.45, 7) is 9.04. The molecule has 0 aliphatic carbocycles. The average Bonchev–Trinajstić information content (AvgIpc) is 3.06. The Labute approximate surface area is 269 Å². The zero-order chi connectivity index (χ0) is 32.2. The first-order chi connectivity index (χ1) is 22.3. The second kappa shape index (κ2) is 13.3. The number of hydrogen-bond donors (Lipinski definition) is 2. The van der Waals surface area contributed by atoms with Crippen molar-refractivity contribution in [1.82, 2.24) is 20.6 Å². The van der Waals surface area contributed by atoms with Gasteiger partial charge in [0.2, 0.25) is 0 Å². The third-order valence-corrected chi connectivity index (χ3v) is 8.55. The molecule has 0 bridgehead atoms. The van der Waals surface area contributed by atoms with E-state index in [1.54, 1.807) is 0 Å². The van der Waals surface area contributed by atoms with Gasteiger partial charge in [-0.25, -0.2) is 9.97 Å². The van der Waals surface area contributed by atoms with Crippen LogP contribution in [0.25, 0.3) is 44.3 Å². The van der Waals surface area contributed by atoms with Crippen LogP contribution >= 0.6 is 0 Å². The van der Waals surface area contributed by atoms with E-state index in [2.05, 4.69) is 73.0 Å². The van der Waals surface area contributed by atoms with E-state index in [4.69, 9.17) is 9.97 Å². The normalized spacial score (nSPS) is 11.1. The van der Waals surface area contributed by atoms with Crippen molar-refractivity contribution in [1.29, 1.82) is 0 Å². The van der Waals surface area contributed by atoms with Crippen molar-refractivity contribution in [3.8, 4) is 22.5 Å². The summed E-state index contributed by atoms with van der Waals surface area (Å²) >= 11 is 0. The highest BCUT2D eigenvalue weighted by atomic mass is 16.2. The lowest BCUT2D eigenvalue weighted by molar-refractivity contribution is 0.0940. The lowest BCUT2D eigenvalue weighted by Gasteiger charge is -2.16. The fourth-order valence-electron chi connectivity index (χ4n) is 6.02. The number of rotatable bonds is 9. The van der Waals surface area contributed by atoms with Gasteiger partial charge in [0.05, 0.1) is 33.5 Å². The molecule has 0 radical (unpaired) electrons. The van der Waals surface area contributed by atoms with Gasteiger partial charge in [-0.3, -0.25) is 9.59 Å². The highest BCUT2D eigenvalue weighted by Gasteiger charge is 2.20. The first-order valence-electron chi connectivity index (χ1n) is 15.8. The largest absolute Gasteiger partial charge is 0.352 e. The molecule has 0 saturated carbocycles. The highest BCUT2D eigenvalue weighted by Crippen LogP contribution is 2.31. The minimum absolute atomic E-state index is 0.115. The second-order valence-electron chi connectivity index (χ2n) is 11.9. The highest BCUT2D eigenvalue weighted by molar-refractivity contribution is 6.09. The van der Waals surface area contributed by atoms with Gasteiger partial charge in [0.15, 0.2) is 0 Å². The van der Waals surface area contributed by atoms with Crippen molar-refractivity contribution >= 4 is 33.6 Å². The predicted octanol–water partition coefficient (Wildman–Crippen LogP) is 8.29. The summed E-state index contributed by atoms with van der Waals surface area (Å²) in [6, 6.07) is 32.0. The third-order valence-electron chi connectivity index (χ3n) is 8.55. The molecule has 0 aliphatic rings. The summed E-state index contributed by atoms with van der Waals surface area (Å²) in [5, 5.41) is 7.91. The summed E-state index contributed by atoms with van der Waals surface area (Å²) < 4.78 is 0. The number of carbonyl (C=O) groups excluding carboxylic acids is 2. The van der Waals surface area contributed by atoms with Crippen molar-refractivity contribution in [3.63, 3.8) is 0 Å². The van der Waals surface area contributed by atoms with Crippen molar-refractivity contribution in [2.45, 2.75) is 40.5 Å². The minimum Gasteiger partial charge on any atom is -0.352 e. The van der Waals surface area contributed by atoms with Crippen LogP contribution < -0.4 is 10.6 Å². The lowest BCUT2D eigenvalue weighted by Crippen LogP contribution is -2.28. The van der Waals surface area contributed by atoms with E-state index in [0.717, 1.165) is 68.3 Å². The summed E-state index contributed by atoms with van der Waals surface area (Å²) in [5.41, 5.74) is 10.6. The van der Waals surface area contributed by atoms with E-state index >= 15 is 0 Å². The molecule has 2 aromatic heterocycles. The smallest absolute Gasteiger partial charge is 0.252 e. The molecule has 0 atom stereocenters. The van der Waals surface area contributed by atoms with Gasteiger partial charge in [0.1, 0.15) is 0 Å². The summed E-state index contributed by atoms with van der Waals surface area (Å²) in [5.74, 6) is -0.230. The number of aromatic nitrogens is 2. The van der Waals surface area contributed by atoms with Crippen molar-refractivity contribution in [2.24, 2.45) is 0 Å². The fraction of sp³-hybridized carbons (Fsp3) is 0.200. The van der Waals surface area contributed by atoms with Gasteiger partial charge in [-0.1, -0.05) is 96.1 Å². The molecule has 0 aliphatic heterocycles. The molecule has 6 heteroatoms. The topological polar surface area (TPSA) is 84.0 Å². The van der Waals surface area contributed by atoms with E-state index in [9.17, 15) is 9.59 Å².